The number of imidazole rings is 2. The third-order valence-corrected chi connectivity index (χ3v) is 3.63. The van der Waals surface area contributed by atoms with Crippen molar-refractivity contribution in [3.63, 3.8) is 0 Å². The Morgan fingerprint density at radius 3 is 2.92 bits per heavy atom. The number of nitrogens with one attached hydrogen (secondary N) is 4. The first-order valence-electron chi connectivity index (χ1n) is 7.76. The highest BCUT2D eigenvalue weighted by Crippen LogP contribution is 2.24. The van der Waals surface area contributed by atoms with Crippen molar-refractivity contribution in [1.29, 1.82) is 0 Å². The number of rotatable bonds is 6. The molecule has 5 N–H and O–H groups in total. The van der Waals surface area contributed by atoms with Crippen molar-refractivity contribution in [2.45, 2.75) is 6.42 Å². The molecular formula is C16H16N8O. The summed E-state index contributed by atoms with van der Waals surface area (Å²) in [6.45, 7) is 0.656. The van der Waals surface area contributed by atoms with E-state index in [1.54, 1.807) is 37.1 Å². The first-order valence-corrected chi connectivity index (χ1v) is 7.76. The molecule has 0 amide bonds. The van der Waals surface area contributed by atoms with Crippen molar-refractivity contribution in [3.05, 3.63) is 48.8 Å². The Balaban J connectivity index is 1.56. The quantitative estimate of drug-likeness (QED) is 0.365. The van der Waals surface area contributed by atoms with Crippen LogP contribution in [0.1, 0.15) is 5.69 Å². The fourth-order valence-electron chi connectivity index (χ4n) is 2.45. The van der Waals surface area contributed by atoms with Gasteiger partial charge in [0, 0.05) is 36.6 Å². The van der Waals surface area contributed by atoms with Gasteiger partial charge in [-0.2, -0.15) is 9.97 Å². The van der Waals surface area contributed by atoms with E-state index in [0.29, 0.717) is 29.5 Å². The Morgan fingerprint density at radius 1 is 1.12 bits per heavy atom. The van der Waals surface area contributed by atoms with E-state index >= 15 is 0 Å². The second-order valence-corrected chi connectivity index (χ2v) is 5.43. The molecule has 9 nitrogen and oxygen atoms in total. The molecule has 3 heterocycles. The molecule has 0 aliphatic rings. The van der Waals surface area contributed by atoms with Gasteiger partial charge >= 0.3 is 0 Å². The van der Waals surface area contributed by atoms with Crippen molar-refractivity contribution in [2.24, 2.45) is 0 Å². The normalized spacial score (nSPS) is 10.9. The van der Waals surface area contributed by atoms with Crippen molar-refractivity contribution in [1.82, 2.24) is 29.9 Å². The second kappa shape index (κ2) is 6.48. The maximum atomic E-state index is 9.61. The fourth-order valence-corrected chi connectivity index (χ4v) is 2.45. The summed E-state index contributed by atoms with van der Waals surface area (Å²) in [6, 6.07) is 6.83. The summed E-state index contributed by atoms with van der Waals surface area (Å²) in [5, 5.41) is 16.0. The zero-order valence-corrected chi connectivity index (χ0v) is 13.2. The summed E-state index contributed by atoms with van der Waals surface area (Å²) in [7, 11) is 0. The van der Waals surface area contributed by atoms with Crippen molar-refractivity contribution < 1.29 is 5.11 Å². The molecule has 4 rings (SSSR count). The lowest BCUT2D eigenvalue weighted by atomic mass is 10.3. The van der Waals surface area contributed by atoms with Gasteiger partial charge in [-0.15, -0.1) is 0 Å². The molecule has 126 valence electrons. The lowest BCUT2D eigenvalue weighted by molar-refractivity contribution is 0.475. The molecule has 25 heavy (non-hydrogen) atoms. The Bertz CT molecular complexity index is 979. The molecule has 0 aliphatic carbocycles. The van der Waals surface area contributed by atoms with E-state index in [2.05, 4.69) is 40.5 Å². The second-order valence-electron chi connectivity index (χ2n) is 5.43. The van der Waals surface area contributed by atoms with Crippen LogP contribution in [0.25, 0.3) is 11.2 Å². The van der Waals surface area contributed by atoms with E-state index in [1.165, 1.54) is 0 Å². The molecule has 0 radical (unpaired) electrons. The molecule has 0 fully saturated rings. The lowest BCUT2D eigenvalue weighted by Gasteiger charge is -2.09. The van der Waals surface area contributed by atoms with Crippen LogP contribution in [0.4, 0.5) is 17.5 Å². The highest BCUT2D eigenvalue weighted by Gasteiger charge is 2.10. The number of hydrogen-bond donors (Lipinski definition) is 5. The molecule has 0 atom stereocenters. The summed E-state index contributed by atoms with van der Waals surface area (Å²) in [4.78, 5) is 23.2. The van der Waals surface area contributed by atoms with Crippen molar-refractivity contribution >= 4 is 28.6 Å². The standard InChI is InChI=1S/C16H16N8O/c25-12-3-1-2-10(6-12)22-15-13-14(21-9-20-13)23-16(24-15)18-5-4-11-7-17-8-19-11/h1-3,6-9,25H,4-5H2,(H,17,19)(H3,18,20,21,22,23,24). The van der Waals surface area contributed by atoms with Gasteiger partial charge < -0.3 is 25.7 Å². The monoisotopic (exact) mass is 336 g/mol. The van der Waals surface area contributed by atoms with Crippen molar-refractivity contribution in [2.75, 3.05) is 17.2 Å². The van der Waals surface area contributed by atoms with Gasteiger partial charge in [0.15, 0.2) is 11.5 Å². The molecule has 0 aliphatic heterocycles. The number of aromatic amines is 2. The number of nitrogens with zero attached hydrogens (tertiary/aromatic N) is 4. The van der Waals surface area contributed by atoms with Gasteiger partial charge in [-0.1, -0.05) is 6.07 Å². The lowest BCUT2D eigenvalue weighted by Crippen LogP contribution is -2.09. The predicted octanol–water partition coefficient (Wildman–Crippen LogP) is 2.18. The Labute approximate surface area is 142 Å². The third-order valence-electron chi connectivity index (χ3n) is 3.63. The van der Waals surface area contributed by atoms with Gasteiger partial charge in [-0.05, 0) is 12.1 Å². The van der Waals surface area contributed by atoms with Crippen LogP contribution in [-0.2, 0) is 6.42 Å². The summed E-state index contributed by atoms with van der Waals surface area (Å²) < 4.78 is 0. The van der Waals surface area contributed by atoms with Crippen LogP contribution in [0.5, 0.6) is 5.75 Å². The van der Waals surface area contributed by atoms with Gasteiger partial charge in [0.05, 0.1) is 12.7 Å². The van der Waals surface area contributed by atoms with Gasteiger partial charge in [0.25, 0.3) is 0 Å². The largest absolute Gasteiger partial charge is 0.508 e. The van der Waals surface area contributed by atoms with Crippen LogP contribution >= 0.6 is 0 Å². The van der Waals surface area contributed by atoms with E-state index in [0.717, 1.165) is 17.8 Å². The number of benzene rings is 1. The molecular weight excluding hydrogens is 320 g/mol. The first kappa shape index (κ1) is 14.9. The van der Waals surface area contributed by atoms with Crippen LogP contribution < -0.4 is 10.6 Å². The molecule has 0 bridgehead atoms. The maximum Gasteiger partial charge on any atom is 0.226 e. The molecule has 0 spiro atoms. The Morgan fingerprint density at radius 2 is 2.08 bits per heavy atom. The number of H-pyrrole nitrogens is 2. The fraction of sp³-hybridized carbons (Fsp3) is 0.125. The summed E-state index contributed by atoms with van der Waals surface area (Å²) in [6.07, 6.45) is 5.78. The van der Waals surface area contributed by atoms with Crippen molar-refractivity contribution in [3.8, 4) is 5.75 Å². The number of phenolic OH excluding ortho intramolecular Hbond substituents is 1. The number of phenols is 1. The number of aromatic nitrogens is 6. The number of anilines is 3. The highest BCUT2D eigenvalue weighted by molar-refractivity contribution is 5.86. The highest BCUT2D eigenvalue weighted by atomic mass is 16.3. The van der Waals surface area contributed by atoms with E-state index in [9.17, 15) is 5.11 Å². The minimum Gasteiger partial charge on any atom is -0.508 e. The van der Waals surface area contributed by atoms with Gasteiger partial charge in [-0.3, -0.25) is 0 Å². The summed E-state index contributed by atoms with van der Waals surface area (Å²) in [5.74, 6) is 1.23. The SMILES string of the molecule is Oc1cccc(Nc2nc(NCCc3cnc[nH]3)nc3nc[nH]c23)c1. The minimum absolute atomic E-state index is 0.179. The maximum absolute atomic E-state index is 9.61. The summed E-state index contributed by atoms with van der Waals surface area (Å²) >= 11 is 0. The zero-order chi connectivity index (χ0) is 17.1. The molecule has 9 heteroatoms. The van der Waals surface area contributed by atoms with Crippen LogP contribution in [-0.4, -0.2) is 41.6 Å². The first-order chi connectivity index (χ1) is 12.3. The Hall–Kier alpha value is -3.62. The average Bonchev–Trinajstić information content (AvgIpc) is 3.26. The zero-order valence-electron chi connectivity index (χ0n) is 13.2. The van der Waals surface area contributed by atoms with Crippen LogP contribution in [0, 0.1) is 0 Å². The summed E-state index contributed by atoms with van der Waals surface area (Å²) in [5.41, 5.74) is 3.01. The van der Waals surface area contributed by atoms with E-state index in [1.807, 2.05) is 6.07 Å². The molecule has 0 saturated carbocycles. The topological polar surface area (TPSA) is 127 Å². The van der Waals surface area contributed by atoms with Crippen LogP contribution in [0.2, 0.25) is 0 Å². The number of aromatic hydroxyl groups is 1. The Kier molecular flexibility index (Phi) is 3.87. The molecule has 0 saturated heterocycles. The molecule has 3 aromatic heterocycles. The van der Waals surface area contributed by atoms with Gasteiger partial charge in [0.1, 0.15) is 11.3 Å². The van der Waals surface area contributed by atoms with E-state index in [-0.39, 0.29) is 5.75 Å². The van der Waals surface area contributed by atoms with E-state index < -0.39 is 0 Å². The molecule has 1 aromatic carbocycles. The minimum atomic E-state index is 0.179. The third kappa shape index (κ3) is 3.34. The van der Waals surface area contributed by atoms with Gasteiger partial charge in [0.2, 0.25) is 5.95 Å². The molecule has 0 unspecified atom stereocenters. The average molecular weight is 336 g/mol. The number of fused-ring (bicyclic) bond motifs is 1. The van der Waals surface area contributed by atoms with E-state index in [4.69, 9.17) is 0 Å². The van der Waals surface area contributed by atoms with Crippen LogP contribution in [0.3, 0.4) is 0 Å². The van der Waals surface area contributed by atoms with Crippen LogP contribution in [0.15, 0.2) is 43.1 Å². The smallest absolute Gasteiger partial charge is 0.226 e. The number of hydrogen-bond acceptors (Lipinski definition) is 7. The predicted molar refractivity (Wildman–Crippen MR) is 93.9 cm³/mol. The molecule has 4 aromatic rings. The van der Waals surface area contributed by atoms with Gasteiger partial charge in [-0.25, -0.2) is 9.97 Å².